The van der Waals surface area contributed by atoms with Gasteiger partial charge < -0.3 is 19.7 Å². The largest absolute Gasteiger partial charge is 0.508 e. The number of anilines is 2. The van der Waals surface area contributed by atoms with Crippen molar-refractivity contribution in [2.24, 2.45) is 0 Å². The van der Waals surface area contributed by atoms with Gasteiger partial charge in [-0.3, -0.25) is 10.6 Å². The van der Waals surface area contributed by atoms with Crippen molar-refractivity contribution in [3.63, 3.8) is 0 Å². The molecule has 0 aliphatic carbocycles. The van der Waals surface area contributed by atoms with Gasteiger partial charge in [0.25, 0.3) is 0 Å². The predicted octanol–water partition coefficient (Wildman–Crippen LogP) is 4.25. The van der Waals surface area contributed by atoms with Crippen LogP contribution in [0.4, 0.5) is 21.0 Å². The number of amides is 2. The Balaban J connectivity index is 1.80. The molecule has 0 bridgehead atoms. The number of halogens is 4. The van der Waals surface area contributed by atoms with Crippen LogP contribution >= 0.6 is 57.4 Å². The summed E-state index contributed by atoms with van der Waals surface area (Å²) in [6.07, 6.45) is -2.16. The Kier molecular flexibility index (Phi) is 11.2. The lowest BCUT2D eigenvalue weighted by Crippen LogP contribution is -2.27. The van der Waals surface area contributed by atoms with E-state index in [1.54, 1.807) is 22.6 Å². The third kappa shape index (κ3) is 10.4. The van der Waals surface area contributed by atoms with E-state index in [1.165, 1.54) is 12.1 Å². The number of aromatic hydroxyl groups is 2. The number of phenols is 2. The molecule has 0 unspecified atom stereocenters. The summed E-state index contributed by atoms with van der Waals surface area (Å²) in [5.41, 5.74) is 0.0532. The van der Waals surface area contributed by atoms with Gasteiger partial charge in [0, 0.05) is 21.8 Å². The number of ether oxygens (including phenoxy) is 2. The number of carbonyl (C=O) groups is 2. The van der Waals surface area contributed by atoms with Gasteiger partial charge in [0.2, 0.25) is 0 Å². The monoisotopic (exact) mass is 730 g/mol. The van der Waals surface area contributed by atoms with Crippen molar-refractivity contribution in [1.29, 1.82) is 0 Å². The van der Waals surface area contributed by atoms with Gasteiger partial charge in [-0.15, -0.1) is 0 Å². The van der Waals surface area contributed by atoms with Gasteiger partial charge >= 0.3 is 12.2 Å². The van der Waals surface area contributed by atoms with Gasteiger partial charge in [-0.2, -0.15) is 0 Å². The van der Waals surface area contributed by atoms with Crippen LogP contribution in [0.25, 0.3) is 0 Å². The Morgan fingerprint density at radius 1 is 0.757 bits per heavy atom. The summed E-state index contributed by atoms with van der Waals surface area (Å²) in [4.78, 5) is 23.8. The van der Waals surface area contributed by atoms with Crippen LogP contribution in [0.2, 0.25) is 15.1 Å². The molecule has 0 aliphatic rings. The van der Waals surface area contributed by atoms with Crippen LogP contribution in [-0.4, -0.2) is 69.0 Å². The molecular weight excluding hydrogens is 714 g/mol. The molecule has 0 saturated carbocycles. The highest BCUT2D eigenvalue weighted by Crippen LogP contribution is 2.34. The maximum Gasteiger partial charge on any atom is 0.411 e. The van der Waals surface area contributed by atoms with Crippen molar-refractivity contribution in [2.45, 2.75) is 0 Å². The Hall–Kier alpha value is -1.92. The lowest BCUT2D eigenvalue weighted by molar-refractivity contribution is 0.167. The smallest absolute Gasteiger partial charge is 0.411 e. The zero-order chi connectivity index (χ0) is 28.0. The van der Waals surface area contributed by atoms with Gasteiger partial charge in [-0.05, 0) is 28.7 Å². The highest BCUT2D eigenvalue weighted by Gasteiger charge is 2.24. The summed E-state index contributed by atoms with van der Waals surface area (Å²) in [6, 6.07) is 4.71. The van der Waals surface area contributed by atoms with Crippen molar-refractivity contribution in [1.82, 2.24) is 0 Å². The minimum Gasteiger partial charge on any atom is -0.508 e. The zero-order valence-electron chi connectivity index (χ0n) is 18.3. The molecule has 2 amide bonds. The van der Waals surface area contributed by atoms with E-state index in [2.05, 4.69) is 10.6 Å². The van der Waals surface area contributed by atoms with Gasteiger partial charge in [0.1, 0.15) is 24.7 Å². The van der Waals surface area contributed by atoms with Crippen LogP contribution in [0.1, 0.15) is 0 Å². The van der Waals surface area contributed by atoms with E-state index in [9.17, 15) is 36.6 Å². The molecule has 4 N–H and O–H groups in total. The molecule has 0 spiro atoms. The average molecular weight is 732 g/mol. The topological polar surface area (TPSA) is 185 Å². The van der Waals surface area contributed by atoms with Gasteiger partial charge in [-0.1, -0.05) is 34.8 Å². The molecule has 204 valence electrons. The average Bonchev–Trinajstić information content (AvgIpc) is 2.72. The van der Waals surface area contributed by atoms with Crippen LogP contribution in [0, 0.1) is 3.57 Å². The number of phenolic OH excluding ortho intramolecular Hbond substituents is 2. The van der Waals surface area contributed by atoms with Crippen LogP contribution in [0.3, 0.4) is 0 Å². The highest BCUT2D eigenvalue weighted by molar-refractivity contribution is 14.1. The van der Waals surface area contributed by atoms with Crippen molar-refractivity contribution in [3.8, 4) is 11.5 Å². The maximum absolute atomic E-state index is 12.2. The molecule has 0 saturated heterocycles. The molecule has 0 radical (unpaired) electrons. The SMILES string of the molecule is O=C(Nc1c(Cl)cc(O)cc1Cl)OCCS(=O)(=O)CS(=O)(=O)CCOC(=O)Nc1c(Cl)cc(O)cc1I. The molecule has 0 atom stereocenters. The van der Waals surface area contributed by atoms with Gasteiger partial charge in [-0.25, -0.2) is 26.4 Å². The summed E-state index contributed by atoms with van der Waals surface area (Å²) in [6.45, 7) is -1.33. The molecule has 0 heterocycles. The fourth-order valence-electron chi connectivity index (χ4n) is 2.55. The Morgan fingerprint density at radius 3 is 1.57 bits per heavy atom. The van der Waals surface area contributed by atoms with Crippen molar-refractivity contribution in [2.75, 3.05) is 40.4 Å². The van der Waals surface area contributed by atoms with E-state index in [-0.39, 0.29) is 37.9 Å². The molecule has 0 aromatic heterocycles. The summed E-state index contributed by atoms with van der Waals surface area (Å²) in [7, 11) is -8.43. The fraction of sp³-hybridized carbons (Fsp3) is 0.263. The fourth-order valence-corrected chi connectivity index (χ4v) is 8.09. The normalized spacial score (nSPS) is 11.6. The van der Waals surface area contributed by atoms with E-state index in [0.29, 0.717) is 3.57 Å². The zero-order valence-corrected chi connectivity index (χ0v) is 24.4. The summed E-state index contributed by atoms with van der Waals surface area (Å²) < 4.78 is 58.5. The highest BCUT2D eigenvalue weighted by atomic mass is 127. The maximum atomic E-state index is 12.2. The van der Waals surface area contributed by atoms with Crippen LogP contribution < -0.4 is 10.6 Å². The molecular formula is C19H18Cl3IN2O10S2. The first-order chi connectivity index (χ1) is 17.1. The molecule has 18 heteroatoms. The second-order valence-electron chi connectivity index (χ2n) is 7.10. The first kappa shape index (κ1) is 31.3. The third-order valence-electron chi connectivity index (χ3n) is 4.12. The van der Waals surface area contributed by atoms with Crippen molar-refractivity contribution < 1.29 is 46.1 Å². The first-order valence-electron chi connectivity index (χ1n) is 9.73. The van der Waals surface area contributed by atoms with Gasteiger partial charge in [0.15, 0.2) is 24.8 Å². The number of nitrogens with one attached hydrogen (secondary N) is 2. The van der Waals surface area contributed by atoms with E-state index < -0.39 is 61.7 Å². The lowest BCUT2D eigenvalue weighted by atomic mass is 10.3. The van der Waals surface area contributed by atoms with E-state index in [4.69, 9.17) is 44.3 Å². The molecule has 12 nitrogen and oxygen atoms in total. The minimum atomic E-state index is -4.22. The van der Waals surface area contributed by atoms with E-state index in [0.717, 1.165) is 12.1 Å². The minimum absolute atomic E-state index is 0.0187. The molecule has 0 aliphatic heterocycles. The predicted molar refractivity (Wildman–Crippen MR) is 146 cm³/mol. The number of carbonyl (C=O) groups excluding carboxylic acids is 2. The Bertz CT molecular complexity index is 1250. The number of rotatable bonds is 10. The van der Waals surface area contributed by atoms with Crippen molar-refractivity contribution in [3.05, 3.63) is 42.9 Å². The standard InChI is InChI=1S/C19H18Cl3IN2O10S2/c20-12-5-10(26)6-13(21)16(12)24-18(28)34-1-3-36(30,31)9-37(32,33)4-2-35-19(29)25-17-14(22)7-11(27)8-15(17)23/h5-8,26-27H,1-4,9H2,(H,24,28)(H,25,29). The molecule has 2 aromatic carbocycles. The molecule has 0 fully saturated rings. The molecule has 2 rings (SSSR count). The van der Waals surface area contributed by atoms with E-state index >= 15 is 0 Å². The van der Waals surface area contributed by atoms with Crippen LogP contribution in [-0.2, 0) is 29.1 Å². The van der Waals surface area contributed by atoms with Gasteiger partial charge in [0.05, 0.1) is 37.9 Å². The first-order valence-corrected chi connectivity index (χ1v) is 15.6. The Labute approximate surface area is 240 Å². The number of hydrogen-bond donors (Lipinski definition) is 4. The number of hydrogen-bond acceptors (Lipinski definition) is 10. The number of sulfone groups is 2. The molecule has 37 heavy (non-hydrogen) atoms. The van der Waals surface area contributed by atoms with E-state index in [1.807, 2.05) is 0 Å². The summed E-state index contributed by atoms with van der Waals surface area (Å²) in [5.74, 6) is -1.98. The lowest BCUT2D eigenvalue weighted by Gasteiger charge is -2.12. The Morgan fingerprint density at radius 2 is 1.14 bits per heavy atom. The third-order valence-corrected chi connectivity index (χ3v) is 10.3. The summed E-state index contributed by atoms with van der Waals surface area (Å²) >= 11 is 19.4. The number of benzene rings is 2. The summed E-state index contributed by atoms with van der Waals surface area (Å²) in [5, 5.41) is 21.9. The molecule has 2 aromatic rings. The quantitative estimate of drug-likeness (QED) is 0.204. The van der Waals surface area contributed by atoms with Crippen LogP contribution in [0.15, 0.2) is 24.3 Å². The second-order valence-corrected chi connectivity index (χ2v) is 14.2. The van der Waals surface area contributed by atoms with Crippen LogP contribution in [0.5, 0.6) is 11.5 Å². The van der Waals surface area contributed by atoms with Crippen molar-refractivity contribution >= 4 is 101 Å². The second kappa shape index (κ2) is 13.2.